The second-order valence-electron chi connectivity index (χ2n) is 5.17. The maximum atomic E-state index is 12.0. The van der Waals surface area contributed by atoms with Gasteiger partial charge >= 0.3 is 0 Å². The number of fused-ring (bicyclic) bond motifs is 1. The van der Waals surface area contributed by atoms with Crippen molar-refractivity contribution < 1.29 is 4.79 Å². The van der Waals surface area contributed by atoms with Crippen LogP contribution in [0.5, 0.6) is 0 Å². The van der Waals surface area contributed by atoms with Crippen molar-refractivity contribution in [3.63, 3.8) is 0 Å². The summed E-state index contributed by atoms with van der Waals surface area (Å²) in [6.07, 6.45) is 4.80. The summed E-state index contributed by atoms with van der Waals surface area (Å²) < 4.78 is 2.86. The van der Waals surface area contributed by atoms with Crippen LogP contribution in [0.1, 0.15) is 21.6 Å². The summed E-state index contributed by atoms with van der Waals surface area (Å²) in [5, 5.41) is 5.20. The lowest BCUT2D eigenvalue weighted by Crippen LogP contribution is -2.17. The van der Waals surface area contributed by atoms with Gasteiger partial charge in [0.1, 0.15) is 0 Å². The quantitative estimate of drug-likeness (QED) is 0.567. The molecule has 3 rings (SSSR count). The first-order valence-electron chi connectivity index (χ1n) is 7.06. The van der Waals surface area contributed by atoms with Crippen LogP contribution >= 0.6 is 15.9 Å². The lowest BCUT2D eigenvalue weighted by molar-refractivity contribution is 0.0954. The number of para-hydroxylation sites is 1. The van der Waals surface area contributed by atoms with Crippen LogP contribution in [0.2, 0.25) is 0 Å². The van der Waals surface area contributed by atoms with Crippen LogP contribution in [0.3, 0.4) is 0 Å². The first-order chi connectivity index (χ1) is 11.1. The van der Waals surface area contributed by atoms with Crippen molar-refractivity contribution in [1.29, 1.82) is 0 Å². The number of nitrogens with zero attached hydrogens (tertiary/aromatic N) is 3. The molecule has 0 spiro atoms. The third-order valence-electron chi connectivity index (χ3n) is 3.78. The van der Waals surface area contributed by atoms with E-state index in [-0.39, 0.29) is 5.91 Å². The van der Waals surface area contributed by atoms with E-state index < -0.39 is 0 Å². The van der Waals surface area contributed by atoms with Crippen LogP contribution in [0, 0.1) is 6.92 Å². The zero-order valence-electron chi connectivity index (χ0n) is 12.7. The number of halogens is 1. The van der Waals surface area contributed by atoms with E-state index >= 15 is 0 Å². The van der Waals surface area contributed by atoms with E-state index in [0.717, 1.165) is 26.6 Å². The van der Waals surface area contributed by atoms with E-state index in [9.17, 15) is 4.79 Å². The molecule has 0 unspecified atom stereocenters. The average molecular weight is 371 g/mol. The van der Waals surface area contributed by atoms with Crippen LogP contribution in [-0.4, -0.2) is 21.7 Å². The predicted octanol–water partition coefficient (Wildman–Crippen LogP) is 3.41. The van der Waals surface area contributed by atoms with E-state index in [1.165, 1.54) is 6.20 Å². The van der Waals surface area contributed by atoms with Gasteiger partial charge in [0.05, 0.1) is 11.8 Å². The number of nitrogens with one attached hydrogen (secondary N) is 1. The average Bonchev–Trinajstić information content (AvgIpc) is 2.80. The Bertz CT molecular complexity index is 914. The number of hydrazone groups is 1. The van der Waals surface area contributed by atoms with Gasteiger partial charge in [-0.1, -0.05) is 18.2 Å². The minimum absolute atomic E-state index is 0.298. The van der Waals surface area contributed by atoms with E-state index in [0.29, 0.717) is 5.56 Å². The monoisotopic (exact) mass is 370 g/mol. The Hall–Kier alpha value is -2.47. The highest BCUT2D eigenvalue weighted by molar-refractivity contribution is 9.10. The minimum Gasteiger partial charge on any atom is -0.347 e. The molecule has 0 aliphatic rings. The number of amides is 1. The molecule has 3 aromatic rings. The van der Waals surface area contributed by atoms with E-state index in [2.05, 4.69) is 42.1 Å². The smallest absolute Gasteiger partial charge is 0.272 e. The topological polar surface area (TPSA) is 59.3 Å². The number of hydrogen-bond acceptors (Lipinski definition) is 3. The second-order valence-corrected chi connectivity index (χ2v) is 6.08. The maximum absolute atomic E-state index is 12.0. The summed E-state index contributed by atoms with van der Waals surface area (Å²) in [5.41, 5.74) is 6.21. The number of aryl methyl sites for hydroxylation is 1. The zero-order valence-corrected chi connectivity index (χ0v) is 14.3. The van der Waals surface area contributed by atoms with Crippen LogP contribution in [0.15, 0.2) is 52.3 Å². The highest BCUT2D eigenvalue weighted by atomic mass is 79.9. The van der Waals surface area contributed by atoms with Crippen LogP contribution in [0.25, 0.3) is 10.9 Å². The van der Waals surface area contributed by atoms with Crippen molar-refractivity contribution in [2.45, 2.75) is 6.92 Å². The van der Waals surface area contributed by atoms with Gasteiger partial charge in [-0.3, -0.25) is 9.78 Å². The van der Waals surface area contributed by atoms with Crippen molar-refractivity contribution in [3.8, 4) is 0 Å². The molecule has 1 aromatic carbocycles. The molecule has 0 saturated heterocycles. The standard InChI is InChI=1S/C17H15BrN4O/c1-11-15(14-5-3-4-6-16(14)22(11)2)10-20-21-17(23)12-7-13(18)9-19-8-12/h3-10H,1-2H3,(H,21,23)/b20-10+. The number of carbonyl (C=O) groups is 1. The molecule has 0 bridgehead atoms. The third kappa shape index (κ3) is 3.03. The first kappa shape index (κ1) is 15.4. The molecule has 5 nitrogen and oxygen atoms in total. The van der Waals surface area contributed by atoms with Gasteiger partial charge in [-0.25, -0.2) is 5.43 Å². The summed E-state index contributed by atoms with van der Waals surface area (Å²) in [7, 11) is 2.01. The van der Waals surface area contributed by atoms with Gasteiger partial charge in [-0.05, 0) is 35.0 Å². The Labute approximate surface area is 142 Å². The number of carbonyl (C=O) groups excluding carboxylic acids is 1. The second kappa shape index (κ2) is 6.34. The lowest BCUT2D eigenvalue weighted by Gasteiger charge is -2.00. The van der Waals surface area contributed by atoms with E-state index in [1.807, 2.05) is 32.2 Å². The molecule has 1 N–H and O–H groups in total. The molecule has 0 fully saturated rings. The molecule has 0 aliphatic carbocycles. The fourth-order valence-electron chi connectivity index (χ4n) is 2.47. The number of rotatable bonds is 3. The van der Waals surface area contributed by atoms with Crippen molar-refractivity contribution in [1.82, 2.24) is 15.0 Å². The zero-order chi connectivity index (χ0) is 16.4. The molecule has 1 amide bonds. The number of pyridine rings is 1. The Morgan fingerprint density at radius 2 is 2.13 bits per heavy atom. The van der Waals surface area contributed by atoms with Crippen molar-refractivity contribution >= 4 is 39.0 Å². The SMILES string of the molecule is Cc1c(/C=N/NC(=O)c2cncc(Br)c2)c2ccccc2n1C. The van der Waals surface area contributed by atoms with Crippen molar-refractivity contribution in [2.24, 2.45) is 12.1 Å². The molecule has 116 valence electrons. The Kier molecular flexibility index (Phi) is 4.25. The summed E-state index contributed by atoms with van der Waals surface area (Å²) in [6.45, 7) is 2.03. The molecule has 0 saturated carbocycles. The minimum atomic E-state index is -0.298. The largest absolute Gasteiger partial charge is 0.347 e. The highest BCUT2D eigenvalue weighted by Crippen LogP contribution is 2.22. The normalized spacial score (nSPS) is 11.3. The van der Waals surface area contributed by atoms with Gasteiger partial charge in [-0.2, -0.15) is 5.10 Å². The Morgan fingerprint density at radius 1 is 1.35 bits per heavy atom. The third-order valence-corrected chi connectivity index (χ3v) is 4.21. The summed E-state index contributed by atoms with van der Waals surface area (Å²) in [5.74, 6) is -0.298. The maximum Gasteiger partial charge on any atom is 0.272 e. The fraction of sp³-hybridized carbons (Fsp3) is 0.118. The van der Waals surface area contributed by atoms with Gasteiger partial charge in [0.25, 0.3) is 5.91 Å². The number of hydrogen-bond donors (Lipinski definition) is 1. The lowest BCUT2D eigenvalue weighted by atomic mass is 10.1. The molecular formula is C17H15BrN4O. The molecular weight excluding hydrogens is 356 g/mol. The van der Waals surface area contributed by atoms with Crippen LogP contribution in [-0.2, 0) is 7.05 Å². The van der Waals surface area contributed by atoms with Gasteiger partial charge in [0.2, 0.25) is 0 Å². The number of benzene rings is 1. The molecule has 0 atom stereocenters. The van der Waals surface area contributed by atoms with Gasteiger partial charge in [0, 0.05) is 46.1 Å². The fourth-order valence-corrected chi connectivity index (χ4v) is 2.83. The summed E-state index contributed by atoms with van der Waals surface area (Å²) in [4.78, 5) is 16.0. The number of aromatic nitrogens is 2. The van der Waals surface area contributed by atoms with Gasteiger partial charge in [-0.15, -0.1) is 0 Å². The van der Waals surface area contributed by atoms with Gasteiger partial charge < -0.3 is 4.57 Å². The van der Waals surface area contributed by atoms with E-state index in [1.54, 1.807) is 18.5 Å². The molecule has 6 heteroatoms. The molecule has 23 heavy (non-hydrogen) atoms. The van der Waals surface area contributed by atoms with Crippen molar-refractivity contribution in [3.05, 3.63) is 64.0 Å². The van der Waals surface area contributed by atoms with E-state index in [4.69, 9.17) is 0 Å². The Morgan fingerprint density at radius 3 is 2.91 bits per heavy atom. The molecule has 0 aliphatic heterocycles. The summed E-state index contributed by atoms with van der Waals surface area (Å²) in [6, 6.07) is 9.80. The molecule has 0 radical (unpaired) electrons. The van der Waals surface area contributed by atoms with Crippen LogP contribution in [0.4, 0.5) is 0 Å². The molecule has 2 aromatic heterocycles. The van der Waals surface area contributed by atoms with Crippen molar-refractivity contribution in [2.75, 3.05) is 0 Å². The molecule has 2 heterocycles. The van der Waals surface area contributed by atoms with Crippen LogP contribution < -0.4 is 5.43 Å². The highest BCUT2D eigenvalue weighted by Gasteiger charge is 2.10. The van der Waals surface area contributed by atoms with Gasteiger partial charge in [0.15, 0.2) is 0 Å². The summed E-state index contributed by atoms with van der Waals surface area (Å²) >= 11 is 3.29. The first-order valence-corrected chi connectivity index (χ1v) is 7.85. The Balaban J connectivity index is 1.84. The predicted molar refractivity (Wildman–Crippen MR) is 94.7 cm³/mol.